The minimum Gasteiger partial charge on any atom is -0.393 e. The molecule has 0 aliphatic heterocycles. The molecule has 0 bridgehead atoms. The van der Waals surface area contributed by atoms with Gasteiger partial charge in [-0.05, 0) is 25.7 Å². The summed E-state index contributed by atoms with van der Waals surface area (Å²) in [7, 11) is -3.89. The first-order valence-electron chi connectivity index (χ1n) is 12.6. The van der Waals surface area contributed by atoms with Gasteiger partial charge in [0.2, 0.25) is 0 Å². The van der Waals surface area contributed by atoms with Gasteiger partial charge in [0.15, 0.2) is 0 Å². The third-order valence-corrected chi connectivity index (χ3v) is 7.40. The van der Waals surface area contributed by atoms with Crippen molar-refractivity contribution in [1.29, 1.82) is 0 Å². The van der Waals surface area contributed by atoms with Crippen LogP contribution in [0.5, 0.6) is 0 Å². The van der Waals surface area contributed by atoms with Crippen LogP contribution in [-0.2, 0) is 10.1 Å². The van der Waals surface area contributed by atoms with Gasteiger partial charge in [-0.1, -0.05) is 117 Å². The zero-order chi connectivity index (χ0) is 21.8. The van der Waals surface area contributed by atoms with Crippen molar-refractivity contribution in [2.45, 2.75) is 154 Å². The van der Waals surface area contributed by atoms with E-state index in [9.17, 15) is 18.1 Å². The summed E-state index contributed by atoms with van der Waals surface area (Å²) in [6.07, 6.45) is 21.8. The standard InChI is InChI=1S/C24H50O4S/c1-3-5-6-18-21-24(29(26,27)28)22-19-16-14-12-10-8-7-9-11-13-15-17-20-23(25)4-2/h23-25H,3-22H2,1-2H3,(H,26,27,28). The Morgan fingerprint density at radius 2 is 0.931 bits per heavy atom. The van der Waals surface area contributed by atoms with Crippen LogP contribution in [0.1, 0.15) is 142 Å². The SMILES string of the molecule is CCCCCCC(CCCCCCCCCCCCCCC(O)CC)S(=O)(=O)O. The smallest absolute Gasteiger partial charge is 0.267 e. The highest BCUT2D eigenvalue weighted by Crippen LogP contribution is 2.19. The summed E-state index contributed by atoms with van der Waals surface area (Å²) < 4.78 is 32.5. The van der Waals surface area contributed by atoms with E-state index in [0.29, 0.717) is 12.8 Å². The molecule has 0 aromatic heterocycles. The third kappa shape index (κ3) is 19.6. The molecule has 0 amide bonds. The van der Waals surface area contributed by atoms with Gasteiger partial charge in [-0.2, -0.15) is 8.42 Å². The Kier molecular flexibility index (Phi) is 19.7. The van der Waals surface area contributed by atoms with Crippen LogP contribution in [0.25, 0.3) is 0 Å². The average Bonchev–Trinajstić information content (AvgIpc) is 2.68. The molecular formula is C24H50O4S. The molecular weight excluding hydrogens is 384 g/mol. The fourth-order valence-corrected chi connectivity index (χ4v) is 4.89. The second kappa shape index (κ2) is 19.8. The lowest BCUT2D eigenvalue weighted by Crippen LogP contribution is -2.20. The largest absolute Gasteiger partial charge is 0.393 e. The minimum atomic E-state index is -3.89. The van der Waals surface area contributed by atoms with Crippen LogP contribution in [-0.4, -0.2) is 29.4 Å². The molecule has 0 saturated heterocycles. The lowest BCUT2D eigenvalue weighted by atomic mass is 10.0. The van der Waals surface area contributed by atoms with Gasteiger partial charge >= 0.3 is 0 Å². The van der Waals surface area contributed by atoms with Gasteiger partial charge in [0.05, 0.1) is 11.4 Å². The molecule has 0 aromatic carbocycles. The maximum Gasteiger partial charge on any atom is 0.267 e. The maximum absolute atomic E-state index is 11.5. The van der Waals surface area contributed by atoms with Gasteiger partial charge in [-0.3, -0.25) is 4.55 Å². The summed E-state index contributed by atoms with van der Waals surface area (Å²) in [6.45, 7) is 4.18. The molecule has 2 atom stereocenters. The van der Waals surface area contributed by atoms with Gasteiger partial charge in [0.25, 0.3) is 10.1 Å². The molecule has 0 saturated carbocycles. The summed E-state index contributed by atoms with van der Waals surface area (Å²) in [5, 5.41) is 8.96. The normalized spacial score (nSPS) is 14.2. The van der Waals surface area contributed by atoms with Crippen LogP contribution in [0.3, 0.4) is 0 Å². The van der Waals surface area contributed by atoms with E-state index in [-0.39, 0.29) is 6.10 Å². The molecule has 29 heavy (non-hydrogen) atoms. The predicted octanol–water partition coefficient (Wildman–Crippen LogP) is 7.45. The van der Waals surface area contributed by atoms with Crippen LogP contribution in [0.4, 0.5) is 0 Å². The Morgan fingerprint density at radius 3 is 1.28 bits per heavy atom. The Labute approximate surface area is 182 Å². The van der Waals surface area contributed by atoms with Gasteiger partial charge < -0.3 is 5.11 Å². The zero-order valence-corrected chi connectivity index (χ0v) is 20.2. The second-order valence-electron chi connectivity index (χ2n) is 8.87. The highest BCUT2D eigenvalue weighted by atomic mass is 32.2. The van der Waals surface area contributed by atoms with Crippen molar-refractivity contribution in [3.05, 3.63) is 0 Å². The Balaban J connectivity index is 3.48. The number of aliphatic hydroxyl groups is 1. The number of aliphatic hydroxyl groups excluding tert-OH is 1. The molecule has 0 fully saturated rings. The first-order chi connectivity index (χ1) is 13.9. The van der Waals surface area contributed by atoms with Crippen LogP contribution in [0.2, 0.25) is 0 Å². The molecule has 0 aliphatic carbocycles. The fourth-order valence-electron chi connectivity index (χ4n) is 3.96. The molecule has 0 radical (unpaired) electrons. The molecule has 0 rings (SSSR count). The third-order valence-electron chi connectivity index (χ3n) is 6.09. The molecule has 0 aliphatic rings. The van der Waals surface area contributed by atoms with E-state index in [1.807, 2.05) is 6.92 Å². The van der Waals surface area contributed by atoms with E-state index in [1.54, 1.807) is 0 Å². The lowest BCUT2D eigenvalue weighted by molar-refractivity contribution is 0.156. The summed E-state index contributed by atoms with van der Waals surface area (Å²) in [4.78, 5) is 0. The van der Waals surface area contributed by atoms with Crippen LogP contribution in [0, 0.1) is 0 Å². The van der Waals surface area contributed by atoms with Crippen molar-refractivity contribution in [2.24, 2.45) is 0 Å². The molecule has 2 N–H and O–H groups in total. The molecule has 0 aromatic rings. The number of rotatable bonds is 22. The van der Waals surface area contributed by atoms with E-state index in [2.05, 4.69) is 6.92 Å². The molecule has 2 unspecified atom stereocenters. The number of hydrogen-bond acceptors (Lipinski definition) is 3. The van der Waals surface area contributed by atoms with Gasteiger partial charge in [0.1, 0.15) is 0 Å². The fraction of sp³-hybridized carbons (Fsp3) is 1.00. The van der Waals surface area contributed by atoms with Gasteiger partial charge in [0, 0.05) is 0 Å². The van der Waals surface area contributed by atoms with Crippen LogP contribution >= 0.6 is 0 Å². The van der Waals surface area contributed by atoms with Crippen LogP contribution < -0.4 is 0 Å². The zero-order valence-electron chi connectivity index (χ0n) is 19.4. The summed E-state index contributed by atoms with van der Waals surface area (Å²) >= 11 is 0. The van der Waals surface area contributed by atoms with E-state index >= 15 is 0 Å². The van der Waals surface area contributed by atoms with E-state index in [1.165, 1.54) is 57.8 Å². The summed E-state index contributed by atoms with van der Waals surface area (Å²) in [6, 6.07) is 0. The van der Waals surface area contributed by atoms with E-state index in [4.69, 9.17) is 0 Å². The Hall–Kier alpha value is -0.130. The molecule has 0 heterocycles. The lowest BCUT2D eigenvalue weighted by Gasteiger charge is -2.13. The molecule has 176 valence electrons. The highest BCUT2D eigenvalue weighted by molar-refractivity contribution is 7.86. The monoisotopic (exact) mass is 434 g/mol. The Bertz CT molecular complexity index is 436. The van der Waals surface area contributed by atoms with E-state index < -0.39 is 15.4 Å². The average molecular weight is 435 g/mol. The van der Waals surface area contributed by atoms with Crippen molar-refractivity contribution in [1.82, 2.24) is 0 Å². The van der Waals surface area contributed by atoms with Crippen molar-refractivity contribution in [3.8, 4) is 0 Å². The van der Waals surface area contributed by atoms with Crippen molar-refractivity contribution >= 4 is 10.1 Å². The van der Waals surface area contributed by atoms with Crippen molar-refractivity contribution in [3.63, 3.8) is 0 Å². The summed E-state index contributed by atoms with van der Waals surface area (Å²) in [5.41, 5.74) is 0. The minimum absolute atomic E-state index is 0.0975. The molecule has 5 heteroatoms. The molecule has 4 nitrogen and oxygen atoms in total. The number of unbranched alkanes of at least 4 members (excludes halogenated alkanes) is 14. The number of hydrogen-bond donors (Lipinski definition) is 2. The van der Waals surface area contributed by atoms with Gasteiger partial charge in [-0.25, -0.2) is 0 Å². The quantitative estimate of drug-likeness (QED) is 0.137. The van der Waals surface area contributed by atoms with Gasteiger partial charge in [-0.15, -0.1) is 0 Å². The van der Waals surface area contributed by atoms with Crippen LogP contribution in [0.15, 0.2) is 0 Å². The second-order valence-corrected chi connectivity index (χ2v) is 10.6. The van der Waals surface area contributed by atoms with Crippen molar-refractivity contribution < 1.29 is 18.1 Å². The topological polar surface area (TPSA) is 74.6 Å². The first-order valence-corrected chi connectivity index (χ1v) is 14.1. The van der Waals surface area contributed by atoms with Crippen molar-refractivity contribution in [2.75, 3.05) is 0 Å². The predicted molar refractivity (Wildman–Crippen MR) is 125 cm³/mol. The summed E-state index contributed by atoms with van der Waals surface area (Å²) in [5.74, 6) is 0. The maximum atomic E-state index is 11.5. The first kappa shape index (κ1) is 28.9. The molecule has 0 spiro atoms. The Morgan fingerprint density at radius 1 is 0.586 bits per heavy atom. The van der Waals surface area contributed by atoms with E-state index in [0.717, 1.165) is 57.8 Å². The highest BCUT2D eigenvalue weighted by Gasteiger charge is 2.21.